The molecule has 3 heteroatoms. The number of nitrogens with zero attached hydrogens (tertiary/aromatic N) is 3. The molecule has 1 saturated carbocycles. The Morgan fingerprint density at radius 2 is 1.40 bits per heavy atom. The monoisotopic (exact) mass is 409 g/mol. The number of piperidine rings is 1. The SMILES string of the molecule is CN1C[C@@H]2CN(c3ccccc3)C3(CCN(C4CCCCCCCCC4)CC3)[C@@H]2C1. The van der Waals surface area contributed by atoms with Crippen molar-refractivity contribution in [3.05, 3.63) is 30.3 Å². The van der Waals surface area contributed by atoms with E-state index in [1.54, 1.807) is 0 Å². The highest BCUT2D eigenvalue weighted by Gasteiger charge is 2.57. The van der Waals surface area contributed by atoms with Crippen molar-refractivity contribution in [1.29, 1.82) is 0 Å². The first-order chi connectivity index (χ1) is 14.8. The first-order valence-electron chi connectivity index (χ1n) is 13.0. The number of benzene rings is 1. The van der Waals surface area contributed by atoms with Crippen LogP contribution in [0, 0.1) is 11.8 Å². The Kier molecular flexibility index (Phi) is 6.39. The summed E-state index contributed by atoms with van der Waals surface area (Å²) in [6, 6.07) is 12.2. The molecule has 30 heavy (non-hydrogen) atoms. The minimum absolute atomic E-state index is 0.392. The van der Waals surface area contributed by atoms with Crippen LogP contribution in [0.2, 0.25) is 0 Å². The van der Waals surface area contributed by atoms with E-state index in [2.05, 4.69) is 52.1 Å². The predicted octanol–water partition coefficient (Wildman–Crippen LogP) is 5.41. The first kappa shape index (κ1) is 20.8. The highest BCUT2D eigenvalue weighted by atomic mass is 15.3. The molecule has 4 aliphatic rings. The Morgan fingerprint density at radius 3 is 2.07 bits per heavy atom. The fraction of sp³-hybridized carbons (Fsp3) is 0.778. The molecule has 2 atom stereocenters. The highest BCUT2D eigenvalue weighted by Crippen LogP contribution is 2.50. The normalized spacial score (nSPS) is 31.8. The highest BCUT2D eigenvalue weighted by molar-refractivity contribution is 5.52. The third kappa shape index (κ3) is 4.05. The molecule has 3 heterocycles. The Hall–Kier alpha value is -1.06. The molecule has 1 spiro atoms. The van der Waals surface area contributed by atoms with Gasteiger partial charge in [0.15, 0.2) is 0 Å². The third-order valence-electron chi connectivity index (χ3n) is 9.09. The lowest BCUT2D eigenvalue weighted by molar-refractivity contribution is 0.0828. The van der Waals surface area contributed by atoms with Crippen LogP contribution in [0.4, 0.5) is 5.69 Å². The van der Waals surface area contributed by atoms with E-state index < -0.39 is 0 Å². The molecule has 0 amide bonds. The summed E-state index contributed by atoms with van der Waals surface area (Å²) in [5.41, 5.74) is 1.87. The van der Waals surface area contributed by atoms with Crippen LogP contribution in [0.15, 0.2) is 30.3 Å². The molecule has 3 saturated heterocycles. The van der Waals surface area contributed by atoms with Crippen molar-refractivity contribution in [2.24, 2.45) is 11.8 Å². The zero-order valence-corrected chi connectivity index (χ0v) is 19.3. The molecule has 1 aromatic carbocycles. The Labute approximate surface area is 184 Å². The quantitative estimate of drug-likeness (QED) is 0.646. The van der Waals surface area contributed by atoms with Gasteiger partial charge in [-0.1, -0.05) is 63.1 Å². The van der Waals surface area contributed by atoms with E-state index in [1.165, 1.54) is 109 Å². The van der Waals surface area contributed by atoms with Crippen LogP contribution in [-0.4, -0.2) is 61.2 Å². The van der Waals surface area contributed by atoms with E-state index in [1.807, 2.05) is 0 Å². The molecule has 3 nitrogen and oxygen atoms in total. The number of likely N-dealkylation sites (tertiary alicyclic amines) is 2. The average Bonchev–Trinajstić information content (AvgIpc) is 3.29. The summed E-state index contributed by atoms with van der Waals surface area (Å²) >= 11 is 0. The maximum absolute atomic E-state index is 2.92. The van der Waals surface area contributed by atoms with Gasteiger partial charge in [0.1, 0.15) is 0 Å². The molecule has 0 N–H and O–H groups in total. The van der Waals surface area contributed by atoms with E-state index in [0.717, 1.165) is 17.9 Å². The van der Waals surface area contributed by atoms with Gasteiger partial charge in [-0.25, -0.2) is 0 Å². The molecule has 3 aliphatic heterocycles. The molecular formula is C27H43N3. The Bertz CT molecular complexity index is 656. The average molecular weight is 410 g/mol. The van der Waals surface area contributed by atoms with Crippen molar-refractivity contribution in [3.8, 4) is 0 Å². The summed E-state index contributed by atoms with van der Waals surface area (Å²) in [5.74, 6) is 1.71. The second-order valence-corrected chi connectivity index (χ2v) is 10.9. The smallest absolute Gasteiger partial charge is 0.0470 e. The minimum atomic E-state index is 0.392. The van der Waals surface area contributed by atoms with E-state index in [9.17, 15) is 0 Å². The summed E-state index contributed by atoms with van der Waals surface area (Å²) < 4.78 is 0. The van der Waals surface area contributed by atoms with Gasteiger partial charge in [0.2, 0.25) is 0 Å². The lowest BCUT2D eigenvalue weighted by Crippen LogP contribution is -2.58. The van der Waals surface area contributed by atoms with Gasteiger partial charge in [0.25, 0.3) is 0 Å². The minimum Gasteiger partial charge on any atom is -0.365 e. The van der Waals surface area contributed by atoms with Gasteiger partial charge in [0, 0.05) is 55.9 Å². The maximum Gasteiger partial charge on any atom is 0.0470 e. The zero-order valence-electron chi connectivity index (χ0n) is 19.3. The van der Waals surface area contributed by atoms with E-state index in [4.69, 9.17) is 0 Å². The topological polar surface area (TPSA) is 9.72 Å². The van der Waals surface area contributed by atoms with Gasteiger partial charge in [-0.3, -0.25) is 0 Å². The summed E-state index contributed by atoms with van der Waals surface area (Å²) in [6.07, 6.45) is 15.9. The van der Waals surface area contributed by atoms with E-state index in [0.29, 0.717) is 5.54 Å². The summed E-state index contributed by atoms with van der Waals surface area (Å²) in [6.45, 7) is 6.50. The third-order valence-corrected chi connectivity index (χ3v) is 9.09. The molecule has 0 radical (unpaired) electrons. The number of para-hydroxylation sites is 1. The van der Waals surface area contributed by atoms with Gasteiger partial charge in [0.05, 0.1) is 0 Å². The molecule has 4 fully saturated rings. The summed E-state index contributed by atoms with van der Waals surface area (Å²) in [7, 11) is 2.34. The van der Waals surface area contributed by atoms with Gasteiger partial charge in [-0.05, 0) is 50.8 Å². The molecule has 0 bridgehead atoms. The molecular weight excluding hydrogens is 366 g/mol. The van der Waals surface area contributed by atoms with Gasteiger partial charge < -0.3 is 14.7 Å². The molecule has 0 unspecified atom stereocenters. The van der Waals surface area contributed by atoms with Crippen molar-refractivity contribution in [2.75, 3.05) is 44.7 Å². The number of fused-ring (bicyclic) bond motifs is 2. The van der Waals surface area contributed by atoms with Crippen molar-refractivity contribution in [3.63, 3.8) is 0 Å². The van der Waals surface area contributed by atoms with Crippen LogP contribution in [0.5, 0.6) is 0 Å². The van der Waals surface area contributed by atoms with Crippen LogP contribution >= 0.6 is 0 Å². The van der Waals surface area contributed by atoms with Gasteiger partial charge in [-0.15, -0.1) is 0 Å². The maximum atomic E-state index is 2.92. The first-order valence-corrected chi connectivity index (χ1v) is 13.0. The van der Waals surface area contributed by atoms with Gasteiger partial charge >= 0.3 is 0 Å². The molecule has 0 aromatic heterocycles. The molecule has 1 aliphatic carbocycles. The van der Waals surface area contributed by atoms with E-state index in [-0.39, 0.29) is 0 Å². The Morgan fingerprint density at radius 1 is 0.767 bits per heavy atom. The second-order valence-electron chi connectivity index (χ2n) is 10.9. The molecule has 166 valence electrons. The number of hydrogen-bond acceptors (Lipinski definition) is 3. The van der Waals surface area contributed by atoms with Crippen LogP contribution < -0.4 is 4.90 Å². The standard InChI is InChI=1S/C27H43N3/c1-28-20-23-21-30(25-14-10-7-11-15-25)27(26(23)22-28)16-18-29(19-17-27)24-12-8-5-3-2-4-6-9-13-24/h7,10-11,14-15,23-24,26H,2-6,8-9,12-13,16-22H2,1H3/t23-,26-/m1/s1. The number of hydrogen-bond donors (Lipinski definition) is 0. The second kappa shape index (κ2) is 9.20. The van der Waals surface area contributed by atoms with Crippen molar-refractivity contribution >= 4 is 5.69 Å². The Balaban J connectivity index is 1.31. The fourth-order valence-electron chi connectivity index (χ4n) is 7.54. The lowest BCUT2D eigenvalue weighted by atomic mass is 9.74. The van der Waals surface area contributed by atoms with Crippen LogP contribution in [0.25, 0.3) is 0 Å². The summed E-state index contributed by atoms with van der Waals surface area (Å²) in [5, 5.41) is 0. The fourth-order valence-corrected chi connectivity index (χ4v) is 7.54. The lowest BCUT2D eigenvalue weighted by Gasteiger charge is -2.50. The van der Waals surface area contributed by atoms with Crippen LogP contribution in [-0.2, 0) is 0 Å². The zero-order chi connectivity index (χ0) is 20.4. The number of rotatable bonds is 2. The molecule has 5 rings (SSSR count). The van der Waals surface area contributed by atoms with Crippen LogP contribution in [0.3, 0.4) is 0 Å². The van der Waals surface area contributed by atoms with Crippen molar-refractivity contribution < 1.29 is 0 Å². The summed E-state index contributed by atoms with van der Waals surface area (Å²) in [4.78, 5) is 8.38. The van der Waals surface area contributed by atoms with Crippen LogP contribution in [0.1, 0.15) is 70.6 Å². The van der Waals surface area contributed by atoms with Gasteiger partial charge in [-0.2, -0.15) is 0 Å². The predicted molar refractivity (Wildman–Crippen MR) is 127 cm³/mol. The van der Waals surface area contributed by atoms with E-state index >= 15 is 0 Å². The largest absolute Gasteiger partial charge is 0.365 e. The number of anilines is 1. The van der Waals surface area contributed by atoms with Crippen molar-refractivity contribution in [1.82, 2.24) is 9.80 Å². The van der Waals surface area contributed by atoms with Crippen molar-refractivity contribution in [2.45, 2.75) is 82.2 Å². The molecule has 1 aromatic rings.